The van der Waals surface area contributed by atoms with Crippen molar-refractivity contribution in [2.75, 3.05) is 0 Å². The number of hydrogen-bond donors (Lipinski definition) is 0. The maximum atomic E-state index is 2.43. The second-order valence-electron chi connectivity index (χ2n) is 8.03. The first kappa shape index (κ1) is 15.1. The minimum absolute atomic E-state index is 0.553. The fraction of sp³-hybridized carbons (Fsp3) is 0.478. The summed E-state index contributed by atoms with van der Waals surface area (Å²) in [6.45, 7) is 0. The average molecular weight is 335 g/mol. The van der Waals surface area contributed by atoms with Gasteiger partial charge in [0.25, 0.3) is 0 Å². The molecule has 3 atom stereocenters. The Morgan fingerprint density at radius 3 is 2.46 bits per heavy atom. The number of rotatable bonds is 3. The van der Waals surface area contributed by atoms with Crippen LogP contribution in [0.15, 0.2) is 59.5 Å². The van der Waals surface area contributed by atoms with E-state index in [-0.39, 0.29) is 0 Å². The summed E-state index contributed by atoms with van der Waals surface area (Å²) in [5.74, 6) is 2.68. The smallest absolute Gasteiger partial charge is 0.0239 e. The van der Waals surface area contributed by atoms with E-state index in [4.69, 9.17) is 0 Å². The van der Waals surface area contributed by atoms with E-state index in [1.54, 1.807) is 11.1 Å². The van der Waals surface area contributed by atoms with Gasteiger partial charge in [-0.25, -0.2) is 0 Å². The predicted octanol–water partition coefficient (Wildman–Crippen LogP) is 6.46. The van der Waals surface area contributed by atoms with Crippen molar-refractivity contribution in [1.29, 1.82) is 0 Å². The number of thioether (sulfide) groups is 1. The minimum atomic E-state index is 0.553. The average Bonchev–Trinajstić information content (AvgIpc) is 3.42. The van der Waals surface area contributed by atoms with Crippen LogP contribution in [0.5, 0.6) is 0 Å². The van der Waals surface area contributed by atoms with E-state index in [0.29, 0.717) is 4.75 Å². The van der Waals surface area contributed by atoms with E-state index in [1.807, 2.05) is 0 Å². The van der Waals surface area contributed by atoms with E-state index in [0.717, 1.165) is 17.8 Å². The van der Waals surface area contributed by atoms with Gasteiger partial charge in [0.1, 0.15) is 0 Å². The molecule has 0 N–H and O–H groups in total. The molecule has 2 saturated carbocycles. The lowest BCUT2D eigenvalue weighted by Crippen LogP contribution is -2.37. The normalized spacial score (nSPS) is 30.2. The molecule has 1 heteroatoms. The third-order valence-corrected chi connectivity index (χ3v) is 8.37. The summed E-state index contributed by atoms with van der Waals surface area (Å²) in [6, 6.07) is 20.4. The molecule has 2 fully saturated rings. The van der Waals surface area contributed by atoms with Crippen molar-refractivity contribution in [2.45, 2.75) is 60.5 Å². The van der Waals surface area contributed by atoms with E-state index in [9.17, 15) is 0 Å². The van der Waals surface area contributed by atoms with Gasteiger partial charge in [-0.05, 0) is 79.5 Å². The second kappa shape index (κ2) is 5.95. The summed E-state index contributed by atoms with van der Waals surface area (Å²) >= 11 is 2.20. The Hall–Kier alpha value is -1.21. The second-order valence-corrected chi connectivity index (χ2v) is 9.51. The first-order valence-electron chi connectivity index (χ1n) is 9.68. The maximum Gasteiger partial charge on any atom is 0.0239 e. The van der Waals surface area contributed by atoms with Crippen LogP contribution in [-0.4, -0.2) is 4.75 Å². The van der Waals surface area contributed by atoms with E-state index in [1.165, 1.54) is 49.8 Å². The highest BCUT2D eigenvalue weighted by Gasteiger charge is 2.55. The Balaban J connectivity index is 1.43. The van der Waals surface area contributed by atoms with Crippen LogP contribution < -0.4 is 0 Å². The largest absolute Gasteiger partial charge is 0.119 e. The van der Waals surface area contributed by atoms with Gasteiger partial charge < -0.3 is 0 Å². The number of hydrogen-bond acceptors (Lipinski definition) is 1. The summed E-state index contributed by atoms with van der Waals surface area (Å²) in [4.78, 5) is 1.48. The molecule has 2 aromatic rings. The van der Waals surface area contributed by atoms with Gasteiger partial charge in [-0.15, -0.1) is 11.8 Å². The van der Waals surface area contributed by atoms with Crippen molar-refractivity contribution in [3.8, 4) is 0 Å². The highest BCUT2D eigenvalue weighted by atomic mass is 32.2. The molecule has 0 aromatic heterocycles. The van der Waals surface area contributed by atoms with Gasteiger partial charge in [-0.3, -0.25) is 0 Å². The van der Waals surface area contributed by atoms with Crippen LogP contribution in [0, 0.1) is 11.8 Å². The molecule has 24 heavy (non-hydrogen) atoms. The zero-order valence-corrected chi connectivity index (χ0v) is 15.1. The molecule has 0 bridgehead atoms. The highest BCUT2D eigenvalue weighted by molar-refractivity contribution is 8.01. The molecule has 0 saturated heterocycles. The molecule has 0 amide bonds. The van der Waals surface area contributed by atoms with Gasteiger partial charge >= 0.3 is 0 Å². The van der Waals surface area contributed by atoms with Crippen molar-refractivity contribution >= 4 is 11.8 Å². The first-order valence-corrected chi connectivity index (χ1v) is 10.5. The summed E-state index contributed by atoms with van der Waals surface area (Å²) in [7, 11) is 0. The van der Waals surface area contributed by atoms with Gasteiger partial charge in [0.15, 0.2) is 0 Å². The highest BCUT2D eigenvalue weighted by Crippen LogP contribution is 2.64. The van der Waals surface area contributed by atoms with Gasteiger partial charge in [0.2, 0.25) is 0 Å². The van der Waals surface area contributed by atoms with Gasteiger partial charge in [0, 0.05) is 9.64 Å². The Bertz CT molecular complexity index is 716. The van der Waals surface area contributed by atoms with Crippen molar-refractivity contribution in [3.63, 3.8) is 0 Å². The molecule has 0 heterocycles. The van der Waals surface area contributed by atoms with Crippen molar-refractivity contribution in [2.24, 2.45) is 11.8 Å². The number of aryl methyl sites for hydroxylation is 1. The number of benzene rings is 2. The van der Waals surface area contributed by atoms with Crippen molar-refractivity contribution in [3.05, 3.63) is 65.7 Å². The van der Waals surface area contributed by atoms with Crippen LogP contribution in [-0.2, 0) is 6.42 Å². The quantitative estimate of drug-likeness (QED) is 0.621. The Morgan fingerprint density at radius 1 is 0.833 bits per heavy atom. The zero-order chi connectivity index (χ0) is 16.0. The van der Waals surface area contributed by atoms with E-state index in [2.05, 4.69) is 66.4 Å². The summed E-state index contributed by atoms with van der Waals surface area (Å²) in [5, 5.41) is 0. The lowest BCUT2D eigenvalue weighted by molar-refractivity contribution is 0.170. The van der Waals surface area contributed by atoms with Crippen LogP contribution in [0.1, 0.15) is 55.6 Å². The van der Waals surface area contributed by atoms with Crippen LogP contribution in [0.4, 0.5) is 0 Å². The van der Waals surface area contributed by atoms with Crippen LogP contribution >= 0.6 is 11.8 Å². The van der Waals surface area contributed by atoms with Crippen molar-refractivity contribution in [1.82, 2.24) is 0 Å². The molecule has 3 aliphatic carbocycles. The topological polar surface area (TPSA) is 0 Å². The lowest BCUT2D eigenvalue weighted by atomic mass is 9.62. The monoisotopic (exact) mass is 334 g/mol. The van der Waals surface area contributed by atoms with Gasteiger partial charge in [-0.2, -0.15) is 0 Å². The Kier molecular flexibility index (Phi) is 3.74. The predicted molar refractivity (Wildman–Crippen MR) is 103 cm³/mol. The molecule has 0 nitrogen and oxygen atoms in total. The maximum absolute atomic E-state index is 2.43. The third-order valence-electron chi connectivity index (χ3n) is 6.75. The molecule has 5 rings (SSSR count). The standard InChI is InChI=1S/C23H26S/c1-2-8-18(9-3-1)24-23(15-16-23)22-12-6-11-20-19-10-5-4-7-17(19)13-14-21(20)22/h1-5,7-10,20-22H,6,11-16H2. The van der Waals surface area contributed by atoms with E-state index < -0.39 is 0 Å². The molecule has 0 aliphatic heterocycles. The zero-order valence-electron chi connectivity index (χ0n) is 14.3. The summed E-state index contributed by atoms with van der Waals surface area (Å²) in [6.07, 6.45) is 9.90. The molecule has 0 radical (unpaired) electrons. The minimum Gasteiger partial charge on any atom is -0.119 e. The SMILES string of the molecule is c1ccc(SC2(C3CCCC4c5ccccc5CCC43)CC2)cc1. The van der Waals surface area contributed by atoms with Gasteiger partial charge in [0.05, 0.1) is 0 Å². The number of fused-ring (bicyclic) bond motifs is 3. The Labute approximate surface area is 150 Å². The van der Waals surface area contributed by atoms with Crippen molar-refractivity contribution < 1.29 is 0 Å². The molecular formula is C23H26S. The molecule has 3 aliphatic rings. The summed E-state index contributed by atoms with van der Waals surface area (Å²) in [5.41, 5.74) is 3.33. The fourth-order valence-corrected chi connectivity index (χ4v) is 7.06. The molecular weight excluding hydrogens is 308 g/mol. The molecule has 124 valence electrons. The lowest BCUT2D eigenvalue weighted by Gasteiger charge is -2.45. The van der Waals surface area contributed by atoms with Crippen LogP contribution in [0.3, 0.4) is 0 Å². The van der Waals surface area contributed by atoms with Gasteiger partial charge in [-0.1, -0.05) is 48.9 Å². The molecule has 3 unspecified atom stereocenters. The van der Waals surface area contributed by atoms with Crippen LogP contribution in [0.25, 0.3) is 0 Å². The van der Waals surface area contributed by atoms with E-state index >= 15 is 0 Å². The molecule has 0 spiro atoms. The fourth-order valence-electron chi connectivity index (χ4n) is 5.55. The summed E-state index contributed by atoms with van der Waals surface area (Å²) < 4.78 is 0.553. The molecule has 2 aromatic carbocycles. The van der Waals surface area contributed by atoms with Crippen LogP contribution in [0.2, 0.25) is 0 Å². The first-order chi connectivity index (χ1) is 11.9. The third kappa shape index (κ3) is 2.52. The Morgan fingerprint density at radius 2 is 1.62 bits per heavy atom.